The van der Waals surface area contributed by atoms with E-state index in [4.69, 9.17) is 27.8 Å². The Morgan fingerprint density at radius 3 is 2.56 bits per heavy atom. The van der Waals surface area contributed by atoms with Crippen molar-refractivity contribution >= 4 is 23.0 Å². The molecule has 4 N–H and O–H groups in total. The van der Waals surface area contributed by atoms with Crippen LogP contribution in [0.5, 0.6) is 11.6 Å². The van der Waals surface area contributed by atoms with Gasteiger partial charge < -0.3 is 16.2 Å². The first-order valence-corrected chi connectivity index (χ1v) is 5.49. The molecule has 0 aliphatic heterocycles. The van der Waals surface area contributed by atoms with E-state index >= 15 is 0 Å². The molecule has 0 aliphatic rings. The average molecular weight is 271 g/mol. The predicted octanol–water partition coefficient (Wildman–Crippen LogP) is 2.48. The summed E-state index contributed by atoms with van der Waals surface area (Å²) in [5, 5.41) is 3.87. The number of benzene rings is 1. The lowest BCUT2D eigenvalue weighted by Crippen LogP contribution is -2.02. The van der Waals surface area contributed by atoms with Crippen LogP contribution in [-0.4, -0.2) is 9.78 Å². The van der Waals surface area contributed by atoms with Gasteiger partial charge in [0.25, 0.3) is 0 Å². The number of nitrogens with two attached hydrogens (primary N) is 2. The predicted molar refractivity (Wildman–Crippen MR) is 68.3 cm³/mol. The number of halogens is 2. The van der Waals surface area contributed by atoms with Gasteiger partial charge in [0.2, 0.25) is 5.88 Å². The minimum Gasteiger partial charge on any atom is -0.434 e. The third-order valence-corrected chi connectivity index (χ3v) is 2.77. The molecular formula is C11H12ClFN4O. The first-order valence-electron chi connectivity index (χ1n) is 5.11. The average Bonchev–Trinajstić information content (AvgIpc) is 2.60. The number of anilines is 2. The Bertz CT molecular complexity index is 612. The van der Waals surface area contributed by atoms with Crippen LogP contribution in [0.3, 0.4) is 0 Å². The minimum absolute atomic E-state index is 0.0696. The second-order valence-electron chi connectivity index (χ2n) is 3.86. The summed E-state index contributed by atoms with van der Waals surface area (Å²) in [6, 6.07) is 3.01. The van der Waals surface area contributed by atoms with E-state index in [2.05, 4.69) is 5.10 Å². The minimum atomic E-state index is -0.784. The number of aromatic nitrogens is 2. The third kappa shape index (κ3) is 2.06. The van der Waals surface area contributed by atoms with Crippen molar-refractivity contribution in [3.05, 3.63) is 28.7 Å². The first kappa shape index (κ1) is 12.5. The molecule has 0 spiro atoms. The van der Waals surface area contributed by atoms with Crippen molar-refractivity contribution in [1.29, 1.82) is 0 Å². The molecule has 0 amide bonds. The van der Waals surface area contributed by atoms with Crippen LogP contribution in [0.2, 0.25) is 5.02 Å². The molecule has 2 rings (SSSR count). The molecule has 0 bridgehead atoms. The quantitative estimate of drug-likeness (QED) is 0.822. The number of hydrogen-bond acceptors (Lipinski definition) is 4. The van der Waals surface area contributed by atoms with Gasteiger partial charge in [-0.1, -0.05) is 11.6 Å². The van der Waals surface area contributed by atoms with E-state index in [-0.39, 0.29) is 22.1 Å². The summed E-state index contributed by atoms with van der Waals surface area (Å²) in [7, 11) is 1.68. The highest BCUT2D eigenvalue weighted by Crippen LogP contribution is 2.37. The van der Waals surface area contributed by atoms with Crippen LogP contribution in [0, 0.1) is 12.7 Å². The normalized spacial score (nSPS) is 10.7. The highest BCUT2D eigenvalue weighted by molar-refractivity contribution is 6.33. The van der Waals surface area contributed by atoms with Gasteiger partial charge in [-0.3, -0.25) is 0 Å². The van der Waals surface area contributed by atoms with E-state index in [0.717, 1.165) is 5.69 Å². The van der Waals surface area contributed by atoms with Crippen LogP contribution >= 0.6 is 11.6 Å². The van der Waals surface area contributed by atoms with Crippen LogP contribution in [0.1, 0.15) is 5.69 Å². The summed E-state index contributed by atoms with van der Waals surface area (Å²) in [5.41, 5.74) is 12.0. The fourth-order valence-corrected chi connectivity index (χ4v) is 1.68. The summed E-state index contributed by atoms with van der Waals surface area (Å²) in [4.78, 5) is 0. The fourth-order valence-electron chi connectivity index (χ4n) is 1.54. The van der Waals surface area contributed by atoms with Crippen molar-refractivity contribution in [3.63, 3.8) is 0 Å². The molecule has 1 heterocycles. The zero-order valence-electron chi connectivity index (χ0n) is 9.87. The molecule has 2 aromatic rings. The van der Waals surface area contributed by atoms with Gasteiger partial charge >= 0.3 is 0 Å². The maximum Gasteiger partial charge on any atom is 0.218 e. The van der Waals surface area contributed by atoms with Crippen molar-refractivity contribution < 1.29 is 9.13 Å². The molecule has 0 saturated carbocycles. The van der Waals surface area contributed by atoms with E-state index < -0.39 is 5.82 Å². The van der Waals surface area contributed by atoms with Crippen molar-refractivity contribution in [3.8, 4) is 11.6 Å². The van der Waals surface area contributed by atoms with Gasteiger partial charge in [-0.2, -0.15) is 5.10 Å². The summed E-state index contributed by atoms with van der Waals surface area (Å²) >= 11 is 5.71. The Morgan fingerprint density at radius 2 is 2.00 bits per heavy atom. The molecule has 1 aromatic heterocycles. The highest BCUT2D eigenvalue weighted by atomic mass is 35.5. The summed E-state index contributed by atoms with van der Waals surface area (Å²) in [6.07, 6.45) is 0. The Kier molecular flexibility index (Phi) is 3.04. The molecule has 0 saturated heterocycles. The number of nitrogen functional groups attached to an aromatic ring is 2. The highest BCUT2D eigenvalue weighted by Gasteiger charge is 2.17. The molecule has 1 aromatic carbocycles. The molecule has 0 aliphatic carbocycles. The van der Waals surface area contributed by atoms with E-state index in [1.165, 1.54) is 10.7 Å². The molecule has 0 radical (unpaired) electrons. The van der Waals surface area contributed by atoms with Crippen LogP contribution < -0.4 is 16.2 Å². The van der Waals surface area contributed by atoms with Gasteiger partial charge in [0.15, 0.2) is 11.6 Å². The van der Waals surface area contributed by atoms with Crippen LogP contribution in [-0.2, 0) is 7.05 Å². The standard InChI is InChI=1S/C11H12ClFN4O/c1-5-3-8(17(2)16-5)18-11-7(15)4-6(14)9(12)10(11)13/h3-4H,14-15H2,1-2H3. The molecule has 96 valence electrons. The smallest absolute Gasteiger partial charge is 0.218 e. The lowest BCUT2D eigenvalue weighted by Gasteiger charge is -2.11. The molecule has 0 unspecified atom stereocenters. The fraction of sp³-hybridized carbons (Fsp3) is 0.182. The van der Waals surface area contributed by atoms with Crippen LogP contribution in [0.25, 0.3) is 0 Å². The van der Waals surface area contributed by atoms with Gasteiger partial charge in [0.1, 0.15) is 5.02 Å². The van der Waals surface area contributed by atoms with Gasteiger partial charge in [-0.25, -0.2) is 9.07 Å². The lowest BCUT2D eigenvalue weighted by atomic mass is 10.2. The van der Waals surface area contributed by atoms with Crippen molar-refractivity contribution in [2.75, 3.05) is 11.5 Å². The second-order valence-corrected chi connectivity index (χ2v) is 4.24. The monoisotopic (exact) mass is 270 g/mol. The first-order chi connectivity index (χ1) is 8.40. The van der Waals surface area contributed by atoms with Crippen molar-refractivity contribution in [1.82, 2.24) is 9.78 Å². The molecule has 0 fully saturated rings. The maximum absolute atomic E-state index is 13.9. The number of hydrogen-bond donors (Lipinski definition) is 2. The largest absolute Gasteiger partial charge is 0.434 e. The molecule has 18 heavy (non-hydrogen) atoms. The van der Waals surface area contributed by atoms with Gasteiger partial charge in [0.05, 0.1) is 17.1 Å². The van der Waals surface area contributed by atoms with Gasteiger partial charge in [0, 0.05) is 13.1 Å². The van der Waals surface area contributed by atoms with E-state index in [1.54, 1.807) is 20.0 Å². The molecule has 7 heteroatoms. The Hall–Kier alpha value is -1.95. The van der Waals surface area contributed by atoms with Gasteiger partial charge in [-0.05, 0) is 13.0 Å². The number of rotatable bonds is 2. The third-order valence-electron chi connectivity index (χ3n) is 2.38. The zero-order chi connectivity index (χ0) is 13.4. The maximum atomic E-state index is 13.9. The zero-order valence-corrected chi connectivity index (χ0v) is 10.6. The summed E-state index contributed by atoms with van der Waals surface area (Å²) in [6.45, 7) is 1.79. The van der Waals surface area contributed by atoms with E-state index in [9.17, 15) is 4.39 Å². The number of nitrogens with zero attached hydrogens (tertiary/aromatic N) is 2. The van der Waals surface area contributed by atoms with E-state index in [0.29, 0.717) is 5.88 Å². The van der Waals surface area contributed by atoms with Gasteiger partial charge in [-0.15, -0.1) is 0 Å². The number of ether oxygens (including phenoxy) is 1. The van der Waals surface area contributed by atoms with Crippen molar-refractivity contribution in [2.24, 2.45) is 7.05 Å². The topological polar surface area (TPSA) is 79.1 Å². The van der Waals surface area contributed by atoms with Crippen LogP contribution in [0.15, 0.2) is 12.1 Å². The summed E-state index contributed by atoms with van der Waals surface area (Å²) < 4.78 is 20.8. The van der Waals surface area contributed by atoms with Crippen LogP contribution in [0.4, 0.5) is 15.8 Å². The molecule has 0 atom stereocenters. The lowest BCUT2D eigenvalue weighted by molar-refractivity contribution is 0.406. The summed E-state index contributed by atoms with van der Waals surface area (Å²) in [5.74, 6) is -0.579. The van der Waals surface area contributed by atoms with Crippen molar-refractivity contribution in [2.45, 2.75) is 6.92 Å². The Balaban J connectivity index is 2.47. The Morgan fingerprint density at radius 1 is 1.33 bits per heavy atom. The Labute approximate surface area is 108 Å². The second kappa shape index (κ2) is 4.38. The molecular weight excluding hydrogens is 259 g/mol. The SMILES string of the molecule is Cc1cc(Oc2c(N)cc(N)c(Cl)c2F)n(C)n1. The van der Waals surface area contributed by atoms with E-state index in [1.807, 2.05) is 0 Å². The molecule has 5 nitrogen and oxygen atoms in total. The number of aryl methyl sites for hydroxylation is 2.